The standard InChI is InChI=1S/C15H8N2S3/c16-9-11-1-5-13(6-2-11)19-15(18)20-14-7-3-12(10-17)4-8-14/h1-8H. The number of rotatable bonds is 2. The summed E-state index contributed by atoms with van der Waals surface area (Å²) in [4.78, 5) is 2.02. The molecule has 0 unspecified atom stereocenters. The fraction of sp³-hybridized carbons (Fsp3) is 0. The zero-order valence-electron chi connectivity index (χ0n) is 10.2. The summed E-state index contributed by atoms with van der Waals surface area (Å²) in [5, 5.41) is 17.5. The predicted molar refractivity (Wildman–Crippen MR) is 86.6 cm³/mol. The Labute approximate surface area is 131 Å². The quantitative estimate of drug-likeness (QED) is 0.599. The monoisotopic (exact) mass is 312 g/mol. The van der Waals surface area contributed by atoms with Gasteiger partial charge in [0.2, 0.25) is 0 Å². The Morgan fingerprint density at radius 2 is 1.10 bits per heavy atom. The van der Waals surface area contributed by atoms with Crippen molar-refractivity contribution in [1.82, 2.24) is 0 Å². The molecule has 0 aliphatic rings. The van der Waals surface area contributed by atoms with Crippen LogP contribution in [-0.4, -0.2) is 3.53 Å². The van der Waals surface area contributed by atoms with E-state index in [0.717, 1.165) is 13.3 Å². The highest BCUT2D eigenvalue weighted by Crippen LogP contribution is 2.31. The molecule has 2 rings (SSSR count). The Morgan fingerprint density at radius 3 is 1.40 bits per heavy atom. The van der Waals surface area contributed by atoms with E-state index < -0.39 is 0 Å². The lowest BCUT2D eigenvalue weighted by atomic mass is 10.2. The van der Waals surface area contributed by atoms with Gasteiger partial charge in [0.25, 0.3) is 0 Å². The maximum absolute atomic E-state index is 8.74. The second-order valence-electron chi connectivity index (χ2n) is 3.73. The Balaban J connectivity index is 1.97. The van der Waals surface area contributed by atoms with E-state index in [-0.39, 0.29) is 0 Å². The highest BCUT2D eigenvalue weighted by molar-refractivity contribution is 8.47. The van der Waals surface area contributed by atoms with Gasteiger partial charge in [-0.15, -0.1) is 0 Å². The molecule has 0 N–H and O–H groups in total. The molecule has 2 nitrogen and oxygen atoms in total. The fourth-order valence-corrected chi connectivity index (χ4v) is 3.66. The van der Waals surface area contributed by atoms with Gasteiger partial charge in [-0.1, -0.05) is 35.7 Å². The molecule has 0 atom stereocenters. The Bertz CT molecular complexity index is 630. The van der Waals surface area contributed by atoms with E-state index in [0.29, 0.717) is 11.1 Å². The van der Waals surface area contributed by atoms with Gasteiger partial charge in [0.05, 0.1) is 23.3 Å². The molecule has 0 fully saturated rings. The lowest BCUT2D eigenvalue weighted by molar-refractivity contribution is 1.42. The lowest BCUT2D eigenvalue weighted by Crippen LogP contribution is -1.83. The van der Waals surface area contributed by atoms with Crippen molar-refractivity contribution in [2.75, 3.05) is 0 Å². The number of nitrogens with zero attached hydrogens (tertiary/aromatic N) is 2. The highest BCUT2D eigenvalue weighted by atomic mass is 32.2. The zero-order valence-corrected chi connectivity index (χ0v) is 12.7. The van der Waals surface area contributed by atoms with Crippen molar-refractivity contribution in [2.24, 2.45) is 0 Å². The largest absolute Gasteiger partial charge is 0.192 e. The van der Waals surface area contributed by atoms with Gasteiger partial charge in [0.1, 0.15) is 3.53 Å². The summed E-state index contributed by atoms with van der Waals surface area (Å²) in [5.41, 5.74) is 1.28. The van der Waals surface area contributed by atoms with E-state index in [1.165, 1.54) is 23.5 Å². The van der Waals surface area contributed by atoms with Gasteiger partial charge >= 0.3 is 0 Å². The highest BCUT2D eigenvalue weighted by Gasteiger charge is 2.04. The molecule has 96 valence electrons. The van der Waals surface area contributed by atoms with E-state index in [9.17, 15) is 0 Å². The molecule has 5 heteroatoms. The maximum Gasteiger partial charge on any atom is 0.113 e. The van der Waals surface area contributed by atoms with E-state index in [1.54, 1.807) is 24.3 Å². The summed E-state index contributed by atoms with van der Waals surface area (Å²) in [6.45, 7) is 0. The molecule has 2 aromatic rings. The zero-order chi connectivity index (χ0) is 14.4. The van der Waals surface area contributed by atoms with Gasteiger partial charge in [-0.3, -0.25) is 0 Å². The van der Waals surface area contributed by atoms with Crippen molar-refractivity contribution < 1.29 is 0 Å². The molecular weight excluding hydrogens is 304 g/mol. The van der Waals surface area contributed by atoms with Gasteiger partial charge in [-0.05, 0) is 48.5 Å². The molecule has 0 bridgehead atoms. The van der Waals surface area contributed by atoms with Crippen molar-refractivity contribution in [3.8, 4) is 12.1 Å². The number of thiocarbonyl (C=S) groups is 1. The molecule has 0 aliphatic heterocycles. The third kappa shape index (κ3) is 4.11. The van der Waals surface area contributed by atoms with Crippen molar-refractivity contribution in [2.45, 2.75) is 9.79 Å². The van der Waals surface area contributed by atoms with Crippen molar-refractivity contribution in [3.63, 3.8) is 0 Å². The Hall–Kier alpha value is -1.79. The molecule has 0 saturated carbocycles. The van der Waals surface area contributed by atoms with Crippen LogP contribution in [0.15, 0.2) is 58.3 Å². The molecule has 0 aliphatic carbocycles. The molecule has 0 aromatic heterocycles. The van der Waals surface area contributed by atoms with Gasteiger partial charge in [-0.2, -0.15) is 10.5 Å². The Morgan fingerprint density at radius 1 is 0.750 bits per heavy atom. The lowest BCUT2D eigenvalue weighted by Gasteiger charge is -2.03. The third-order valence-corrected chi connectivity index (χ3v) is 4.72. The summed E-state index contributed by atoms with van der Waals surface area (Å²) in [5.74, 6) is 0. The summed E-state index contributed by atoms with van der Waals surface area (Å²) in [6.07, 6.45) is 0. The number of thioether (sulfide) groups is 2. The molecule has 20 heavy (non-hydrogen) atoms. The molecule has 0 spiro atoms. The minimum atomic E-state index is 0.639. The second-order valence-corrected chi connectivity index (χ2v) is 7.08. The minimum Gasteiger partial charge on any atom is -0.192 e. The van der Waals surface area contributed by atoms with Crippen LogP contribution in [-0.2, 0) is 0 Å². The first-order valence-electron chi connectivity index (χ1n) is 5.61. The van der Waals surface area contributed by atoms with Crippen molar-refractivity contribution in [3.05, 3.63) is 59.7 Å². The van der Waals surface area contributed by atoms with Crippen molar-refractivity contribution >= 4 is 39.3 Å². The molecular formula is C15H8N2S3. The number of hydrogen-bond acceptors (Lipinski definition) is 5. The first-order chi connectivity index (χ1) is 9.71. The van der Waals surface area contributed by atoms with Crippen LogP contribution in [0.5, 0.6) is 0 Å². The van der Waals surface area contributed by atoms with Crippen LogP contribution in [0.1, 0.15) is 11.1 Å². The Kier molecular flexibility index (Phi) is 5.20. The third-order valence-electron chi connectivity index (χ3n) is 2.37. The predicted octanol–water partition coefficient (Wildman–Crippen LogP) is 4.60. The van der Waals surface area contributed by atoms with Crippen LogP contribution in [0, 0.1) is 22.7 Å². The SMILES string of the molecule is N#Cc1ccc(SC(=S)Sc2ccc(C#N)cc2)cc1. The molecule has 0 radical (unpaired) electrons. The topological polar surface area (TPSA) is 47.6 Å². The van der Waals surface area contributed by atoms with Crippen LogP contribution < -0.4 is 0 Å². The van der Waals surface area contributed by atoms with E-state index >= 15 is 0 Å². The second kappa shape index (κ2) is 7.12. The molecule has 0 amide bonds. The molecule has 0 saturated heterocycles. The van der Waals surface area contributed by atoms with Crippen LogP contribution >= 0.6 is 35.7 Å². The maximum atomic E-state index is 8.74. The van der Waals surface area contributed by atoms with Crippen LogP contribution in [0.4, 0.5) is 0 Å². The summed E-state index contributed by atoms with van der Waals surface area (Å²) < 4.78 is 0.777. The molecule has 0 heterocycles. The van der Waals surface area contributed by atoms with Crippen LogP contribution in [0.25, 0.3) is 0 Å². The molecule has 2 aromatic carbocycles. The van der Waals surface area contributed by atoms with Gasteiger partial charge < -0.3 is 0 Å². The summed E-state index contributed by atoms with van der Waals surface area (Å²) in [7, 11) is 0. The first kappa shape index (κ1) is 14.6. The average Bonchev–Trinajstić information content (AvgIpc) is 2.49. The smallest absolute Gasteiger partial charge is 0.113 e. The van der Waals surface area contributed by atoms with Gasteiger partial charge in [-0.25, -0.2) is 0 Å². The van der Waals surface area contributed by atoms with E-state index in [1.807, 2.05) is 24.3 Å². The van der Waals surface area contributed by atoms with Crippen molar-refractivity contribution in [1.29, 1.82) is 10.5 Å². The first-order valence-corrected chi connectivity index (χ1v) is 7.65. The van der Waals surface area contributed by atoms with E-state index in [4.69, 9.17) is 22.7 Å². The minimum absolute atomic E-state index is 0.639. The number of hydrogen-bond donors (Lipinski definition) is 0. The number of benzene rings is 2. The summed E-state index contributed by atoms with van der Waals surface area (Å²) >= 11 is 8.31. The van der Waals surface area contributed by atoms with Crippen LogP contribution in [0.2, 0.25) is 0 Å². The fourth-order valence-electron chi connectivity index (χ4n) is 1.41. The number of nitriles is 2. The normalized spacial score (nSPS) is 9.50. The summed E-state index contributed by atoms with van der Waals surface area (Å²) in [6, 6.07) is 18.8. The van der Waals surface area contributed by atoms with E-state index in [2.05, 4.69) is 12.1 Å². The van der Waals surface area contributed by atoms with Crippen LogP contribution in [0.3, 0.4) is 0 Å². The van der Waals surface area contributed by atoms with Gasteiger partial charge in [0.15, 0.2) is 0 Å². The average molecular weight is 312 g/mol. The van der Waals surface area contributed by atoms with Gasteiger partial charge in [0, 0.05) is 9.79 Å².